The molecule has 0 bridgehead atoms. The van der Waals surface area contributed by atoms with Gasteiger partial charge in [-0.15, -0.1) is 0 Å². The Bertz CT molecular complexity index is 1280. The number of fused-ring (bicyclic) bond motifs is 1. The SMILES string of the molecule is CCc1ccc(C(=O)Nc2cccc(C(C)Nc3cnc4c(n3)=[N+](CC)C=4)c2)cc1CC. The van der Waals surface area contributed by atoms with Gasteiger partial charge in [-0.25, -0.2) is 9.56 Å². The van der Waals surface area contributed by atoms with Crippen molar-refractivity contribution >= 4 is 23.6 Å². The second kappa shape index (κ2) is 9.30. The molecule has 3 aromatic rings. The Kier molecular flexibility index (Phi) is 6.30. The molecule has 1 unspecified atom stereocenters. The number of aromatic nitrogens is 2. The van der Waals surface area contributed by atoms with Crippen LogP contribution in [-0.4, -0.2) is 22.4 Å². The Hall–Kier alpha value is -3.54. The first-order valence-electron chi connectivity index (χ1n) is 11.3. The summed E-state index contributed by atoms with van der Waals surface area (Å²) < 4.78 is 2.07. The first-order valence-corrected chi connectivity index (χ1v) is 11.3. The van der Waals surface area contributed by atoms with Gasteiger partial charge in [0, 0.05) is 11.3 Å². The summed E-state index contributed by atoms with van der Waals surface area (Å²) in [6.45, 7) is 9.30. The van der Waals surface area contributed by atoms with E-state index in [1.807, 2.05) is 42.6 Å². The van der Waals surface area contributed by atoms with Crippen molar-refractivity contribution in [3.63, 3.8) is 0 Å². The number of nitrogens with one attached hydrogen (secondary N) is 2. The highest BCUT2D eigenvalue weighted by Crippen LogP contribution is 2.21. The van der Waals surface area contributed by atoms with E-state index in [-0.39, 0.29) is 11.9 Å². The zero-order valence-corrected chi connectivity index (χ0v) is 19.1. The molecule has 2 aromatic carbocycles. The number of benzene rings is 2. The monoisotopic (exact) mass is 428 g/mol. The van der Waals surface area contributed by atoms with E-state index in [2.05, 4.69) is 58.9 Å². The normalized spacial score (nSPS) is 12.9. The molecule has 1 aliphatic heterocycles. The highest BCUT2D eigenvalue weighted by atomic mass is 16.1. The molecule has 2 N–H and O–H groups in total. The number of carbonyl (C=O) groups is 1. The molecule has 0 saturated heterocycles. The van der Waals surface area contributed by atoms with Crippen LogP contribution in [0.5, 0.6) is 0 Å². The lowest BCUT2D eigenvalue weighted by Gasteiger charge is -2.15. The van der Waals surface area contributed by atoms with E-state index in [0.717, 1.165) is 47.3 Å². The average molecular weight is 429 g/mol. The summed E-state index contributed by atoms with van der Waals surface area (Å²) in [7, 11) is 0. The zero-order chi connectivity index (χ0) is 22.7. The molecule has 0 spiro atoms. The topological polar surface area (TPSA) is 69.9 Å². The van der Waals surface area contributed by atoms with Crippen LogP contribution in [0.3, 0.4) is 0 Å². The fourth-order valence-electron chi connectivity index (χ4n) is 3.98. The molecule has 2 heterocycles. The number of hydrogen-bond donors (Lipinski definition) is 2. The minimum absolute atomic E-state index is 0.00821. The molecule has 0 saturated carbocycles. The molecular weight excluding hydrogens is 398 g/mol. The summed E-state index contributed by atoms with van der Waals surface area (Å²) in [5, 5.41) is 7.38. The van der Waals surface area contributed by atoms with Gasteiger partial charge in [0.05, 0.1) is 18.8 Å². The molecule has 164 valence electrons. The molecule has 1 aliphatic rings. The van der Waals surface area contributed by atoms with Gasteiger partial charge >= 0.3 is 5.49 Å². The van der Waals surface area contributed by atoms with Crippen molar-refractivity contribution in [3.05, 3.63) is 81.8 Å². The largest absolute Gasteiger partial charge is 0.355 e. The van der Waals surface area contributed by atoms with Gasteiger partial charge in [-0.2, -0.15) is 0 Å². The lowest BCUT2D eigenvalue weighted by Crippen LogP contribution is -2.51. The maximum absolute atomic E-state index is 12.8. The molecule has 32 heavy (non-hydrogen) atoms. The number of hydrogen-bond acceptors (Lipinski definition) is 4. The fourth-order valence-corrected chi connectivity index (χ4v) is 3.98. The van der Waals surface area contributed by atoms with Gasteiger partial charge in [-0.05, 0) is 72.6 Å². The average Bonchev–Trinajstić information content (AvgIpc) is 2.80. The van der Waals surface area contributed by atoms with Crippen LogP contribution < -0.4 is 26.0 Å². The van der Waals surface area contributed by atoms with E-state index in [1.165, 1.54) is 11.1 Å². The first-order chi connectivity index (χ1) is 15.5. The van der Waals surface area contributed by atoms with E-state index in [4.69, 9.17) is 0 Å². The third-order valence-electron chi connectivity index (χ3n) is 5.91. The lowest BCUT2D eigenvalue weighted by molar-refractivity contribution is 0.102. The van der Waals surface area contributed by atoms with Gasteiger partial charge in [0.1, 0.15) is 6.20 Å². The van der Waals surface area contributed by atoms with Crippen LogP contribution >= 0.6 is 0 Å². The molecule has 1 aromatic heterocycles. The Morgan fingerprint density at radius 3 is 2.62 bits per heavy atom. The summed E-state index contributed by atoms with van der Waals surface area (Å²) in [5.74, 6) is 0.643. The molecule has 1 atom stereocenters. The predicted octanol–water partition coefficient (Wildman–Crippen LogP) is 3.29. The minimum Gasteiger partial charge on any atom is -0.342 e. The molecule has 6 nitrogen and oxygen atoms in total. The molecule has 6 heteroatoms. The Morgan fingerprint density at radius 2 is 1.88 bits per heavy atom. The number of amides is 1. The van der Waals surface area contributed by atoms with Gasteiger partial charge in [0.25, 0.3) is 11.7 Å². The number of aryl methyl sites for hydroxylation is 2. The Morgan fingerprint density at radius 1 is 1.06 bits per heavy atom. The fraction of sp³-hybridized carbons (Fsp3) is 0.308. The van der Waals surface area contributed by atoms with Crippen LogP contribution in [0.15, 0.2) is 48.7 Å². The van der Waals surface area contributed by atoms with Gasteiger partial charge in [-0.1, -0.05) is 32.0 Å². The molecule has 0 aliphatic carbocycles. The van der Waals surface area contributed by atoms with Crippen LogP contribution in [0, 0.1) is 0 Å². The van der Waals surface area contributed by atoms with Crippen LogP contribution in [0.1, 0.15) is 60.8 Å². The predicted molar refractivity (Wildman–Crippen MR) is 129 cm³/mol. The van der Waals surface area contributed by atoms with Crippen molar-refractivity contribution in [1.82, 2.24) is 14.5 Å². The standard InChI is InChI=1S/C26H29N5O/c1-5-18-11-12-21(13-19(18)6-2)26(32)29-22-10-8-9-20(14-22)17(4)28-24-15-27-23-16-31(7-3)25(23)30-24/h8-17H,5-7H2,1-4H3,(H,29,32)/p+1. The number of carbonyl (C=O) groups excluding carboxylic acids is 1. The van der Waals surface area contributed by atoms with E-state index in [9.17, 15) is 4.79 Å². The molecular formula is C26H30N5O+. The van der Waals surface area contributed by atoms with Crippen molar-refractivity contribution in [2.45, 2.75) is 46.6 Å². The van der Waals surface area contributed by atoms with Gasteiger partial charge in [0.15, 0.2) is 5.35 Å². The van der Waals surface area contributed by atoms with E-state index in [1.54, 1.807) is 6.20 Å². The maximum Gasteiger partial charge on any atom is 0.355 e. The van der Waals surface area contributed by atoms with Crippen LogP contribution in [0.25, 0.3) is 6.20 Å². The van der Waals surface area contributed by atoms with Crippen LogP contribution in [0.2, 0.25) is 0 Å². The van der Waals surface area contributed by atoms with Crippen molar-refractivity contribution in [1.29, 1.82) is 0 Å². The van der Waals surface area contributed by atoms with Crippen LogP contribution in [0.4, 0.5) is 11.5 Å². The van der Waals surface area contributed by atoms with Crippen molar-refractivity contribution in [2.24, 2.45) is 0 Å². The van der Waals surface area contributed by atoms with Crippen LogP contribution in [-0.2, 0) is 12.8 Å². The Labute approximate surface area is 188 Å². The van der Waals surface area contributed by atoms with Gasteiger partial charge < -0.3 is 10.6 Å². The maximum atomic E-state index is 12.8. The molecule has 1 amide bonds. The van der Waals surface area contributed by atoms with Gasteiger partial charge in [-0.3, -0.25) is 4.79 Å². The lowest BCUT2D eigenvalue weighted by atomic mass is 9.99. The minimum atomic E-state index is -0.0933. The third-order valence-corrected chi connectivity index (χ3v) is 5.91. The number of nitrogens with zero attached hydrogens (tertiary/aromatic N) is 3. The summed E-state index contributed by atoms with van der Waals surface area (Å²) in [6, 6.07) is 13.9. The smallest absolute Gasteiger partial charge is 0.342 e. The summed E-state index contributed by atoms with van der Waals surface area (Å²) >= 11 is 0. The second-order valence-corrected chi connectivity index (χ2v) is 8.02. The molecule has 0 radical (unpaired) electrons. The van der Waals surface area contributed by atoms with Crippen molar-refractivity contribution in [2.75, 3.05) is 17.2 Å². The highest BCUT2D eigenvalue weighted by molar-refractivity contribution is 6.04. The van der Waals surface area contributed by atoms with Gasteiger partial charge in [0.2, 0.25) is 0 Å². The summed E-state index contributed by atoms with van der Waals surface area (Å²) in [5.41, 5.74) is 5.95. The first kappa shape index (κ1) is 21.7. The van der Waals surface area contributed by atoms with Crippen molar-refractivity contribution < 1.29 is 4.79 Å². The van der Waals surface area contributed by atoms with E-state index < -0.39 is 0 Å². The van der Waals surface area contributed by atoms with Crippen molar-refractivity contribution in [3.8, 4) is 0 Å². The Balaban J connectivity index is 1.48. The third kappa shape index (κ3) is 4.40. The van der Waals surface area contributed by atoms with E-state index >= 15 is 0 Å². The summed E-state index contributed by atoms with van der Waals surface area (Å²) in [4.78, 5) is 22.0. The van der Waals surface area contributed by atoms with E-state index in [0.29, 0.717) is 5.56 Å². The highest BCUT2D eigenvalue weighted by Gasteiger charge is 2.18. The molecule has 0 fully saturated rings. The zero-order valence-electron chi connectivity index (χ0n) is 19.1. The number of anilines is 2. The second-order valence-electron chi connectivity index (χ2n) is 8.02. The quantitative estimate of drug-likeness (QED) is 0.540. The number of rotatable bonds is 8. The molecule has 4 rings (SSSR count). The summed E-state index contributed by atoms with van der Waals surface area (Å²) in [6.07, 6.45) is 5.65.